The monoisotopic (exact) mass is 399 g/mol. The van der Waals surface area contributed by atoms with Crippen LogP contribution in [0.4, 0.5) is 5.69 Å². The Morgan fingerprint density at radius 3 is 2.45 bits per heavy atom. The Balaban J connectivity index is 1.99. The summed E-state index contributed by atoms with van der Waals surface area (Å²) in [5.74, 6) is 1.56. The molecule has 0 amide bonds. The first-order chi connectivity index (χ1) is 14.1. The van der Waals surface area contributed by atoms with Crippen LogP contribution in [0.2, 0.25) is 0 Å². The smallest absolute Gasteiger partial charge is 0.196 e. The summed E-state index contributed by atoms with van der Waals surface area (Å²) in [5, 5.41) is 6.68. The SMILES string of the molecule is COCCOCCNC(=NCc1ccccc1C)Nc1ccc(OC(C)C)cc1. The number of anilines is 1. The van der Waals surface area contributed by atoms with Crippen molar-refractivity contribution in [2.75, 3.05) is 38.8 Å². The molecular weight excluding hydrogens is 366 g/mol. The van der Waals surface area contributed by atoms with Gasteiger partial charge in [0.1, 0.15) is 5.75 Å². The highest BCUT2D eigenvalue weighted by Gasteiger charge is 2.03. The zero-order chi connectivity index (χ0) is 20.9. The van der Waals surface area contributed by atoms with Gasteiger partial charge < -0.3 is 24.8 Å². The van der Waals surface area contributed by atoms with Crippen LogP contribution in [0.1, 0.15) is 25.0 Å². The maximum atomic E-state index is 5.70. The van der Waals surface area contributed by atoms with Gasteiger partial charge in [0.25, 0.3) is 0 Å². The first-order valence-electron chi connectivity index (χ1n) is 10.0. The van der Waals surface area contributed by atoms with Gasteiger partial charge in [-0.25, -0.2) is 4.99 Å². The highest BCUT2D eigenvalue weighted by Crippen LogP contribution is 2.17. The van der Waals surface area contributed by atoms with E-state index in [-0.39, 0.29) is 6.10 Å². The van der Waals surface area contributed by atoms with E-state index in [0.717, 1.165) is 11.4 Å². The van der Waals surface area contributed by atoms with Crippen molar-refractivity contribution in [2.24, 2.45) is 4.99 Å². The summed E-state index contributed by atoms with van der Waals surface area (Å²) in [6.07, 6.45) is 0.153. The van der Waals surface area contributed by atoms with E-state index in [1.807, 2.05) is 50.2 Å². The summed E-state index contributed by atoms with van der Waals surface area (Å²) in [6.45, 7) is 9.13. The third-order valence-electron chi connectivity index (χ3n) is 4.13. The molecule has 2 N–H and O–H groups in total. The number of ether oxygens (including phenoxy) is 3. The molecular formula is C23H33N3O3. The van der Waals surface area contributed by atoms with E-state index in [1.54, 1.807) is 7.11 Å². The zero-order valence-corrected chi connectivity index (χ0v) is 17.9. The molecule has 0 aliphatic heterocycles. The van der Waals surface area contributed by atoms with E-state index < -0.39 is 0 Å². The molecule has 6 heteroatoms. The number of methoxy groups -OCH3 is 1. The Kier molecular flexibility index (Phi) is 10.0. The van der Waals surface area contributed by atoms with Gasteiger partial charge in [0.2, 0.25) is 0 Å². The van der Waals surface area contributed by atoms with Crippen LogP contribution in [0.15, 0.2) is 53.5 Å². The van der Waals surface area contributed by atoms with Crippen molar-refractivity contribution in [3.63, 3.8) is 0 Å². The van der Waals surface area contributed by atoms with Crippen LogP contribution in [0.3, 0.4) is 0 Å². The molecule has 6 nitrogen and oxygen atoms in total. The van der Waals surface area contributed by atoms with Crippen LogP contribution >= 0.6 is 0 Å². The largest absolute Gasteiger partial charge is 0.491 e. The maximum Gasteiger partial charge on any atom is 0.196 e. The average Bonchev–Trinajstić information content (AvgIpc) is 2.70. The van der Waals surface area contributed by atoms with Crippen molar-refractivity contribution < 1.29 is 14.2 Å². The molecule has 0 saturated heterocycles. The highest BCUT2D eigenvalue weighted by atomic mass is 16.5. The number of benzene rings is 2. The Morgan fingerprint density at radius 2 is 1.76 bits per heavy atom. The van der Waals surface area contributed by atoms with E-state index >= 15 is 0 Å². The molecule has 2 aromatic rings. The van der Waals surface area contributed by atoms with E-state index in [0.29, 0.717) is 38.9 Å². The molecule has 0 atom stereocenters. The molecule has 2 rings (SSSR count). The van der Waals surface area contributed by atoms with Crippen molar-refractivity contribution in [2.45, 2.75) is 33.4 Å². The van der Waals surface area contributed by atoms with E-state index in [4.69, 9.17) is 19.2 Å². The van der Waals surface area contributed by atoms with Crippen molar-refractivity contribution in [3.8, 4) is 5.75 Å². The first-order valence-corrected chi connectivity index (χ1v) is 10.0. The predicted octanol–water partition coefficient (Wildman–Crippen LogP) is 4.00. The molecule has 158 valence electrons. The van der Waals surface area contributed by atoms with Crippen molar-refractivity contribution >= 4 is 11.6 Å². The van der Waals surface area contributed by atoms with E-state index in [1.165, 1.54) is 11.1 Å². The summed E-state index contributed by atoms with van der Waals surface area (Å²) in [5.41, 5.74) is 3.37. The topological polar surface area (TPSA) is 64.1 Å². The molecule has 0 unspecified atom stereocenters. The van der Waals surface area contributed by atoms with Gasteiger partial charge in [-0.05, 0) is 56.2 Å². The summed E-state index contributed by atoms with van der Waals surface area (Å²) < 4.78 is 16.2. The molecule has 0 spiro atoms. The number of rotatable bonds is 11. The second-order valence-electron chi connectivity index (χ2n) is 6.94. The zero-order valence-electron chi connectivity index (χ0n) is 17.9. The number of hydrogen-bond donors (Lipinski definition) is 2. The number of nitrogens with one attached hydrogen (secondary N) is 2. The fourth-order valence-electron chi connectivity index (χ4n) is 2.60. The number of guanidine groups is 1. The fourth-order valence-corrected chi connectivity index (χ4v) is 2.60. The second kappa shape index (κ2) is 12.8. The summed E-state index contributed by atoms with van der Waals surface area (Å²) in [4.78, 5) is 4.74. The number of aryl methyl sites for hydroxylation is 1. The van der Waals surface area contributed by atoms with Gasteiger partial charge >= 0.3 is 0 Å². The highest BCUT2D eigenvalue weighted by molar-refractivity contribution is 5.93. The first kappa shape index (κ1) is 22.7. The van der Waals surface area contributed by atoms with Gasteiger partial charge in [0.15, 0.2) is 5.96 Å². The van der Waals surface area contributed by atoms with Gasteiger partial charge in [-0.1, -0.05) is 24.3 Å². The Bertz CT molecular complexity index is 745. The molecule has 2 aromatic carbocycles. The third-order valence-corrected chi connectivity index (χ3v) is 4.13. The standard InChI is InChI=1S/C23H33N3O3/c1-18(2)29-22-11-9-21(10-12-22)26-23(24-13-14-28-16-15-27-4)25-17-20-8-6-5-7-19(20)3/h5-12,18H,13-17H2,1-4H3,(H2,24,25,26). The molecule has 0 saturated carbocycles. The second-order valence-corrected chi connectivity index (χ2v) is 6.94. The van der Waals surface area contributed by atoms with E-state index in [2.05, 4.69) is 29.7 Å². The maximum absolute atomic E-state index is 5.70. The van der Waals surface area contributed by atoms with E-state index in [9.17, 15) is 0 Å². The lowest BCUT2D eigenvalue weighted by Crippen LogP contribution is -2.33. The summed E-state index contributed by atoms with van der Waals surface area (Å²) in [7, 11) is 1.67. The molecule has 0 radical (unpaired) electrons. The van der Waals surface area contributed by atoms with Crippen molar-refractivity contribution in [1.82, 2.24) is 5.32 Å². The lowest BCUT2D eigenvalue weighted by molar-refractivity contribution is 0.0734. The molecule has 0 aliphatic rings. The van der Waals surface area contributed by atoms with Crippen LogP contribution in [0.25, 0.3) is 0 Å². The van der Waals surface area contributed by atoms with Crippen molar-refractivity contribution in [3.05, 3.63) is 59.7 Å². The van der Waals surface area contributed by atoms with Crippen LogP contribution in [0.5, 0.6) is 5.75 Å². The number of aliphatic imine (C=N–C) groups is 1. The molecule has 29 heavy (non-hydrogen) atoms. The summed E-state index contributed by atoms with van der Waals surface area (Å²) >= 11 is 0. The van der Waals surface area contributed by atoms with Gasteiger partial charge in [0, 0.05) is 19.3 Å². The fraction of sp³-hybridized carbons (Fsp3) is 0.435. The van der Waals surface area contributed by atoms with Gasteiger partial charge in [-0.2, -0.15) is 0 Å². The molecule has 0 aromatic heterocycles. The van der Waals surface area contributed by atoms with Crippen LogP contribution in [-0.2, 0) is 16.0 Å². The Hall–Kier alpha value is -2.57. The van der Waals surface area contributed by atoms with Gasteiger partial charge in [-0.3, -0.25) is 0 Å². The minimum absolute atomic E-state index is 0.153. The minimum Gasteiger partial charge on any atom is -0.491 e. The third kappa shape index (κ3) is 8.98. The van der Waals surface area contributed by atoms with Crippen LogP contribution < -0.4 is 15.4 Å². The lowest BCUT2D eigenvalue weighted by Gasteiger charge is -2.14. The molecule has 0 bridgehead atoms. The van der Waals surface area contributed by atoms with Crippen LogP contribution in [-0.4, -0.2) is 45.5 Å². The minimum atomic E-state index is 0.153. The van der Waals surface area contributed by atoms with Crippen LogP contribution in [0, 0.1) is 6.92 Å². The molecule has 0 heterocycles. The molecule has 0 fully saturated rings. The van der Waals surface area contributed by atoms with Gasteiger partial charge in [0.05, 0.1) is 32.5 Å². The molecule has 0 aliphatic carbocycles. The Labute approximate surface area is 174 Å². The van der Waals surface area contributed by atoms with Crippen molar-refractivity contribution in [1.29, 1.82) is 0 Å². The Morgan fingerprint density at radius 1 is 1.00 bits per heavy atom. The average molecular weight is 400 g/mol. The van der Waals surface area contributed by atoms with Gasteiger partial charge in [-0.15, -0.1) is 0 Å². The summed E-state index contributed by atoms with van der Waals surface area (Å²) in [6, 6.07) is 16.2. The number of hydrogen-bond acceptors (Lipinski definition) is 4. The normalized spacial score (nSPS) is 11.6. The predicted molar refractivity (Wildman–Crippen MR) is 119 cm³/mol. The quantitative estimate of drug-likeness (QED) is 0.340. The lowest BCUT2D eigenvalue weighted by atomic mass is 10.1. The number of nitrogens with zero attached hydrogens (tertiary/aromatic N) is 1.